The molecule has 5 rings (SSSR count). The standard InChI is InChI=1S/C23H25N3O2/c27-21(16-7-2-1-3-8-16)26-14-12-23(20(26)17-9-6-13-24-15-17)18-10-4-5-11-19(18)25-22(23)28/h4-6,9-11,13,15-16,20H,1-3,7-8,12,14H2,(H,25,28). The Bertz CT molecular complexity index is 907. The number of hydrogen-bond acceptors (Lipinski definition) is 3. The van der Waals surface area contributed by atoms with Gasteiger partial charge in [0.1, 0.15) is 5.41 Å². The van der Waals surface area contributed by atoms with Crippen LogP contribution in [0.15, 0.2) is 48.8 Å². The maximum atomic E-state index is 13.5. The zero-order valence-corrected chi connectivity index (χ0v) is 15.9. The van der Waals surface area contributed by atoms with Crippen LogP contribution in [-0.4, -0.2) is 28.2 Å². The quantitative estimate of drug-likeness (QED) is 0.868. The molecule has 1 aliphatic carbocycles. The van der Waals surface area contributed by atoms with E-state index in [4.69, 9.17) is 0 Å². The van der Waals surface area contributed by atoms with Gasteiger partial charge in [-0.3, -0.25) is 14.6 Å². The van der Waals surface area contributed by atoms with Crippen LogP contribution in [0.1, 0.15) is 55.7 Å². The molecule has 3 aliphatic rings. The smallest absolute Gasteiger partial charge is 0.237 e. The number of pyridine rings is 1. The number of anilines is 1. The lowest BCUT2D eigenvalue weighted by atomic mass is 9.72. The maximum absolute atomic E-state index is 13.5. The molecular weight excluding hydrogens is 350 g/mol. The van der Waals surface area contributed by atoms with E-state index in [1.165, 1.54) is 6.42 Å². The van der Waals surface area contributed by atoms with Gasteiger partial charge < -0.3 is 10.2 Å². The van der Waals surface area contributed by atoms with Gasteiger partial charge in [0.25, 0.3) is 0 Å². The van der Waals surface area contributed by atoms with Crippen LogP contribution in [0.4, 0.5) is 5.69 Å². The van der Waals surface area contributed by atoms with E-state index in [1.807, 2.05) is 47.5 Å². The molecule has 2 atom stereocenters. The molecule has 1 saturated carbocycles. The van der Waals surface area contributed by atoms with Crippen LogP contribution >= 0.6 is 0 Å². The van der Waals surface area contributed by atoms with E-state index in [-0.39, 0.29) is 23.8 Å². The molecule has 2 aliphatic heterocycles. The number of amides is 2. The van der Waals surface area contributed by atoms with E-state index in [9.17, 15) is 9.59 Å². The number of likely N-dealkylation sites (tertiary alicyclic amines) is 1. The molecule has 1 aromatic carbocycles. The first-order valence-electron chi connectivity index (χ1n) is 10.3. The average molecular weight is 375 g/mol. The minimum atomic E-state index is -0.732. The highest BCUT2D eigenvalue weighted by molar-refractivity contribution is 6.07. The first-order valence-corrected chi connectivity index (χ1v) is 10.3. The summed E-state index contributed by atoms with van der Waals surface area (Å²) in [6.07, 6.45) is 9.58. The van der Waals surface area contributed by atoms with Crippen LogP contribution in [0.25, 0.3) is 0 Å². The van der Waals surface area contributed by atoms with E-state index in [1.54, 1.807) is 6.20 Å². The van der Waals surface area contributed by atoms with Crippen molar-refractivity contribution < 1.29 is 9.59 Å². The largest absolute Gasteiger partial charge is 0.334 e. The summed E-state index contributed by atoms with van der Waals surface area (Å²) in [5, 5.41) is 3.07. The van der Waals surface area contributed by atoms with Crippen molar-refractivity contribution >= 4 is 17.5 Å². The van der Waals surface area contributed by atoms with Crippen LogP contribution in [0.3, 0.4) is 0 Å². The highest BCUT2D eigenvalue weighted by Gasteiger charge is 2.59. The normalized spacial score (nSPS) is 27.1. The molecule has 1 N–H and O–H groups in total. The number of aromatic nitrogens is 1. The predicted octanol–water partition coefficient (Wildman–Crippen LogP) is 3.83. The topological polar surface area (TPSA) is 62.3 Å². The Morgan fingerprint density at radius 2 is 1.93 bits per heavy atom. The maximum Gasteiger partial charge on any atom is 0.237 e. The Labute approximate surface area is 165 Å². The van der Waals surface area contributed by atoms with E-state index >= 15 is 0 Å². The zero-order valence-electron chi connectivity index (χ0n) is 15.9. The lowest BCUT2D eigenvalue weighted by molar-refractivity contribution is -0.138. The van der Waals surface area contributed by atoms with Gasteiger partial charge >= 0.3 is 0 Å². The van der Waals surface area contributed by atoms with E-state index in [0.29, 0.717) is 13.0 Å². The second-order valence-corrected chi connectivity index (χ2v) is 8.28. The Morgan fingerprint density at radius 1 is 1.11 bits per heavy atom. The van der Waals surface area contributed by atoms with Crippen molar-refractivity contribution in [3.05, 3.63) is 59.9 Å². The fourth-order valence-corrected chi connectivity index (χ4v) is 5.51. The molecular formula is C23H25N3O2. The second kappa shape index (κ2) is 6.73. The van der Waals surface area contributed by atoms with Crippen molar-refractivity contribution in [3.8, 4) is 0 Å². The predicted molar refractivity (Wildman–Crippen MR) is 107 cm³/mol. The molecule has 2 amide bonds. The van der Waals surface area contributed by atoms with Gasteiger partial charge in [0.15, 0.2) is 0 Å². The van der Waals surface area contributed by atoms with Gasteiger partial charge in [0, 0.05) is 30.5 Å². The monoisotopic (exact) mass is 375 g/mol. The summed E-state index contributed by atoms with van der Waals surface area (Å²) in [6.45, 7) is 0.608. The number of carbonyl (C=O) groups excluding carboxylic acids is 2. The zero-order chi connectivity index (χ0) is 19.1. The summed E-state index contributed by atoms with van der Waals surface area (Å²) in [5.74, 6) is 0.298. The summed E-state index contributed by atoms with van der Waals surface area (Å²) in [7, 11) is 0. The van der Waals surface area contributed by atoms with Crippen molar-refractivity contribution in [2.24, 2.45) is 5.92 Å². The van der Waals surface area contributed by atoms with Gasteiger partial charge in [0.05, 0.1) is 6.04 Å². The first kappa shape index (κ1) is 17.4. The van der Waals surface area contributed by atoms with Crippen LogP contribution in [-0.2, 0) is 15.0 Å². The molecule has 1 saturated heterocycles. The number of nitrogens with zero attached hydrogens (tertiary/aromatic N) is 2. The Balaban J connectivity index is 1.61. The minimum absolute atomic E-state index is 0.00139. The minimum Gasteiger partial charge on any atom is -0.334 e. The number of nitrogens with one attached hydrogen (secondary N) is 1. The van der Waals surface area contributed by atoms with Gasteiger partial charge in [-0.15, -0.1) is 0 Å². The molecule has 0 bridgehead atoms. The van der Waals surface area contributed by atoms with Gasteiger partial charge in [0.2, 0.25) is 11.8 Å². The third-order valence-corrected chi connectivity index (χ3v) is 6.82. The Kier molecular flexibility index (Phi) is 4.18. The van der Waals surface area contributed by atoms with Crippen LogP contribution in [0, 0.1) is 5.92 Å². The summed E-state index contributed by atoms with van der Waals surface area (Å²) in [6, 6.07) is 11.5. The van der Waals surface area contributed by atoms with Gasteiger partial charge in [-0.1, -0.05) is 43.5 Å². The SMILES string of the molecule is O=C(C1CCCCC1)N1CCC2(C(=O)Nc3ccccc32)C1c1cccnc1. The van der Waals surface area contributed by atoms with Crippen LogP contribution in [0.2, 0.25) is 0 Å². The Morgan fingerprint density at radius 3 is 2.71 bits per heavy atom. The van der Waals surface area contributed by atoms with E-state index in [0.717, 1.165) is 42.5 Å². The van der Waals surface area contributed by atoms with Gasteiger partial charge in [-0.05, 0) is 42.5 Å². The molecule has 144 valence electrons. The lowest BCUT2D eigenvalue weighted by Gasteiger charge is -2.36. The molecule has 0 radical (unpaired) electrons. The van der Waals surface area contributed by atoms with Crippen molar-refractivity contribution in [1.82, 2.24) is 9.88 Å². The highest BCUT2D eigenvalue weighted by Crippen LogP contribution is 2.55. The molecule has 2 fully saturated rings. The molecule has 2 aromatic rings. The summed E-state index contributed by atoms with van der Waals surface area (Å²) in [4.78, 5) is 33.1. The van der Waals surface area contributed by atoms with Gasteiger partial charge in [-0.25, -0.2) is 0 Å². The van der Waals surface area contributed by atoms with Crippen molar-refractivity contribution in [2.45, 2.75) is 50.0 Å². The van der Waals surface area contributed by atoms with E-state index < -0.39 is 5.41 Å². The first-order chi connectivity index (χ1) is 13.7. The molecule has 2 unspecified atom stereocenters. The van der Waals surface area contributed by atoms with Crippen molar-refractivity contribution in [2.75, 3.05) is 11.9 Å². The molecule has 28 heavy (non-hydrogen) atoms. The summed E-state index contributed by atoms with van der Waals surface area (Å²) >= 11 is 0. The van der Waals surface area contributed by atoms with Crippen molar-refractivity contribution in [3.63, 3.8) is 0 Å². The highest BCUT2D eigenvalue weighted by atomic mass is 16.2. The second-order valence-electron chi connectivity index (χ2n) is 8.28. The third-order valence-electron chi connectivity index (χ3n) is 6.82. The fourth-order valence-electron chi connectivity index (χ4n) is 5.51. The fraction of sp³-hybridized carbons (Fsp3) is 0.435. The van der Waals surface area contributed by atoms with E-state index in [2.05, 4.69) is 10.3 Å². The van der Waals surface area contributed by atoms with Crippen LogP contribution in [0.5, 0.6) is 0 Å². The number of hydrogen-bond donors (Lipinski definition) is 1. The van der Waals surface area contributed by atoms with Crippen molar-refractivity contribution in [1.29, 1.82) is 0 Å². The summed E-state index contributed by atoms with van der Waals surface area (Å²) < 4.78 is 0. The lowest BCUT2D eigenvalue weighted by Crippen LogP contribution is -2.44. The molecule has 3 heterocycles. The number of para-hydroxylation sites is 1. The summed E-state index contributed by atoms with van der Waals surface area (Å²) in [5.41, 5.74) is 2.08. The van der Waals surface area contributed by atoms with Gasteiger partial charge in [-0.2, -0.15) is 0 Å². The molecule has 1 spiro atoms. The molecule has 1 aromatic heterocycles. The number of benzene rings is 1. The molecule has 5 heteroatoms. The number of fused-ring (bicyclic) bond motifs is 2. The molecule has 5 nitrogen and oxygen atoms in total. The Hall–Kier alpha value is -2.69. The van der Waals surface area contributed by atoms with Crippen LogP contribution < -0.4 is 5.32 Å². The average Bonchev–Trinajstić information content (AvgIpc) is 3.28. The number of rotatable bonds is 2. The number of carbonyl (C=O) groups is 2. The third kappa shape index (κ3) is 2.49.